The zero-order valence-electron chi connectivity index (χ0n) is 15.8. The normalized spacial score (nSPS) is 11.4. The zero-order valence-corrected chi connectivity index (χ0v) is 15.8. The van der Waals surface area contributed by atoms with E-state index in [4.69, 9.17) is 4.98 Å². The number of fused-ring (bicyclic) bond motifs is 5. The molecule has 0 aliphatic rings. The summed E-state index contributed by atoms with van der Waals surface area (Å²) in [5, 5.41) is 2.39. The Morgan fingerprint density at radius 1 is 0.586 bits per heavy atom. The number of rotatable bonds is 2. The van der Waals surface area contributed by atoms with Gasteiger partial charge in [0, 0.05) is 11.6 Å². The third-order valence-electron chi connectivity index (χ3n) is 5.62. The molecule has 0 N–H and O–H groups in total. The van der Waals surface area contributed by atoms with E-state index in [1.807, 2.05) is 0 Å². The van der Waals surface area contributed by atoms with E-state index in [0.29, 0.717) is 0 Å². The Labute approximate surface area is 168 Å². The van der Waals surface area contributed by atoms with Crippen LogP contribution in [-0.4, -0.2) is 9.38 Å². The van der Waals surface area contributed by atoms with Crippen molar-refractivity contribution in [3.8, 4) is 22.3 Å². The molecule has 0 amide bonds. The van der Waals surface area contributed by atoms with Crippen molar-refractivity contribution in [3.05, 3.63) is 109 Å². The Balaban J connectivity index is 1.61. The Bertz CT molecular complexity index is 1490. The number of hydrogen-bond acceptors (Lipinski definition) is 1. The molecule has 0 radical (unpaired) electrons. The third-order valence-corrected chi connectivity index (χ3v) is 5.62. The maximum Gasteiger partial charge on any atom is 0.145 e. The van der Waals surface area contributed by atoms with Crippen molar-refractivity contribution in [2.75, 3.05) is 0 Å². The van der Waals surface area contributed by atoms with Gasteiger partial charge in [-0.1, -0.05) is 84.9 Å². The van der Waals surface area contributed by atoms with Crippen molar-refractivity contribution >= 4 is 27.5 Å². The van der Waals surface area contributed by atoms with Gasteiger partial charge in [-0.25, -0.2) is 4.98 Å². The van der Waals surface area contributed by atoms with Crippen LogP contribution < -0.4 is 0 Å². The lowest BCUT2D eigenvalue weighted by molar-refractivity contribution is 1.25. The van der Waals surface area contributed by atoms with Crippen LogP contribution in [0, 0.1) is 0 Å². The standard InChI is InChI=1S/C27H18N2/c1-2-8-19(9-3-1)22-11-6-7-12-23(22)21-14-15-25-26(18-21)29-17-16-20-10-4-5-13-24(20)27(29)28-25/h1-18H. The highest BCUT2D eigenvalue weighted by Crippen LogP contribution is 2.34. The molecule has 29 heavy (non-hydrogen) atoms. The van der Waals surface area contributed by atoms with Crippen LogP contribution in [0.2, 0.25) is 0 Å². The monoisotopic (exact) mass is 370 g/mol. The molecule has 0 saturated carbocycles. The molecule has 0 aliphatic heterocycles. The van der Waals surface area contributed by atoms with Crippen LogP contribution in [0.15, 0.2) is 109 Å². The van der Waals surface area contributed by atoms with Gasteiger partial charge < -0.3 is 0 Å². The molecule has 6 rings (SSSR count). The van der Waals surface area contributed by atoms with Crippen LogP contribution in [0.5, 0.6) is 0 Å². The first kappa shape index (κ1) is 16.1. The summed E-state index contributed by atoms with van der Waals surface area (Å²) in [7, 11) is 0. The van der Waals surface area contributed by atoms with Gasteiger partial charge in [-0.3, -0.25) is 4.40 Å². The number of hydrogen-bond donors (Lipinski definition) is 0. The number of benzene rings is 4. The van der Waals surface area contributed by atoms with Crippen LogP contribution in [0.25, 0.3) is 49.7 Å². The fraction of sp³-hybridized carbons (Fsp3) is 0. The lowest BCUT2D eigenvalue weighted by Gasteiger charge is -2.10. The van der Waals surface area contributed by atoms with Crippen molar-refractivity contribution < 1.29 is 0 Å². The Kier molecular flexibility index (Phi) is 3.50. The fourth-order valence-electron chi connectivity index (χ4n) is 4.21. The molecule has 0 atom stereocenters. The summed E-state index contributed by atoms with van der Waals surface area (Å²) in [6, 6.07) is 36.3. The smallest absolute Gasteiger partial charge is 0.145 e. The summed E-state index contributed by atoms with van der Waals surface area (Å²) in [6.07, 6.45) is 2.12. The first-order valence-electron chi connectivity index (χ1n) is 9.83. The summed E-state index contributed by atoms with van der Waals surface area (Å²) in [6.45, 7) is 0. The summed E-state index contributed by atoms with van der Waals surface area (Å²) >= 11 is 0. The third kappa shape index (κ3) is 2.54. The van der Waals surface area contributed by atoms with E-state index in [0.717, 1.165) is 16.7 Å². The van der Waals surface area contributed by atoms with Crippen molar-refractivity contribution in [1.82, 2.24) is 9.38 Å². The molecule has 136 valence electrons. The van der Waals surface area contributed by atoms with Gasteiger partial charge in [0.1, 0.15) is 5.65 Å². The second-order valence-corrected chi connectivity index (χ2v) is 7.32. The lowest BCUT2D eigenvalue weighted by atomic mass is 9.94. The molecule has 0 aliphatic carbocycles. The van der Waals surface area contributed by atoms with E-state index in [9.17, 15) is 0 Å². The molecule has 2 aromatic heterocycles. The lowest BCUT2D eigenvalue weighted by Crippen LogP contribution is -1.87. The molecule has 2 nitrogen and oxygen atoms in total. The van der Waals surface area contributed by atoms with E-state index in [1.54, 1.807) is 0 Å². The molecule has 2 heterocycles. The van der Waals surface area contributed by atoms with Crippen molar-refractivity contribution in [3.63, 3.8) is 0 Å². The molecule has 2 heteroatoms. The Morgan fingerprint density at radius 2 is 1.31 bits per heavy atom. The van der Waals surface area contributed by atoms with E-state index < -0.39 is 0 Å². The molecular weight excluding hydrogens is 352 g/mol. The first-order valence-corrected chi connectivity index (χ1v) is 9.83. The summed E-state index contributed by atoms with van der Waals surface area (Å²) < 4.78 is 2.20. The predicted molar refractivity (Wildman–Crippen MR) is 121 cm³/mol. The number of pyridine rings is 1. The Hall–Kier alpha value is -3.91. The average molecular weight is 370 g/mol. The number of imidazole rings is 1. The van der Waals surface area contributed by atoms with Crippen molar-refractivity contribution in [1.29, 1.82) is 0 Å². The van der Waals surface area contributed by atoms with Gasteiger partial charge >= 0.3 is 0 Å². The van der Waals surface area contributed by atoms with E-state index in [2.05, 4.69) is 114 Å². The molecule has 0 unspecified atom stereocenters. The number of aromatic nitrogens is 2. The van der Waals surface area contributed by atoms with Gasteiger partial charge in [0.15, 0.2) is 0 Å². The fourth-order valence-corrected chi connectivity index (χ4v) is 4.21. The second-order valence-electron chi connectivity index (χ2n) is 7.32. The quantitative estimate of drug-likeness (QED) is 0.321. The average Bonchev–Trinajstić information content (AvgIpc) is 3.18. The molecule has 0 fully saturated rings. The topological polar surface area (TPSA) is 17.3 Å². The van der Waals surface area contributed by atoms with Crippen LogP contribution >= 0.6 is 0 Å². The molecular formula is C27H18N2. The summed E-state index contributed by atoms with van der Waals surface area (Å²) in [5.41, 5.74) is 8.06. The van der Waals surface area contributed by atoms with Crippen LogP contribution in [0.1, 0.15) is 0 Å². The van der Waals surface area contributed by atoms with Gasteiger partial charge in [0.25, 0.3) is 0 Å². The van der Waals surface area contributed by atoms with Crippen LogP contribution in [0.4, 0.5) is 0 Å². The minimum Gasteiger partial charge on any atom is -0.299 e. The maximum absolute atomic E-state index is 4.92. The highest BCUT2D eigenvalue weighted by Gasteiger charge is 2.11. The van der Waals surface area contributed by atoms with E-state index in [-0.39, 0.29) is 0 Å². The van der Waals surface area contributed by atoms with Gasteiger partial charge in [-0.15, -0.1) is 0 Å². The molecule has 0 bridgehead atoms. The summed E-state index contributed by atoms with van der Waals surface area (Å²) in [4.78, 5) is 4.92. The number of nitrogens with zero attached hydrogens (tertiary/aromatic N) is 2. The van der Waals surface area contributed by atoms with Crippen molar-refractivity contribution in [2.24, 2.45) is 0 Å². The largest absolute Gasteiger partial charge is 0.299 e. The SMILES string of the molecule is c1ccc(-c2ccccc2-c2ccc3nc4c5ccccc5ccn4c3c2)cc1. The van der Waals surface area contributed by atoms with E-state index in [1.165, 1.54) is 33.0 Å². The molecule has 0 saturated heterocycles. The van der Waals surface area contributed by atoms with Crippen LogP contribution in [0.3, 0.4) is 0 Å². The van der Waals surface area contributed by atoms with Crippen LogP contribution in [-0.2, 0) is 0 Å². The minimum absolute atomic E-state index is 1.01. The molecule has 6 aromatic rings. The minimum atomic E-state index is 1.01. The maximum atomic E-state index is 4.92. The van der Waals surface area contributed by atoms with Gasteiger partial charge in [-0.2, -0.15) is 0 Å². The zero-order chi connectivity index (χ0) is 19.2. The Morgan fingerprint density at radius 3 is 2.17 bits per heavy atom. The van der Waals surface area contributed by atoms with Gasteiger partial charge in [0.05, 0.1) is 11.0 Å². The molecule has 4 aromatic carbocycles. The van der Waals surface area contributed by atoms with Gasteiger partial charge in [-0.05, 0) is 45.8 Å². The highest BCUT2D eigenvalue weighted by molar-refractivity contribution is 5.99. The molecule has 0 spiro atoms. The second kappa shape index (κ2) is 6.32. The van der Waals surface area contributed by atoms with Gasteiger partial charge in [0.2, 0.25) is 0 Å². The summed E-state index contributed by atoms with van der Waals surface area (Å²) in [5.74, 6) is 0. The van der Waals surface area contributed by atoms with Crippen molar-refractivity contribution in [2.45, 2.75) is 0 Å². The van der Waals surface area contributed by atoms with E-state index >= 15 is 0 Å². The predicted octanol–water partition coefficient (Wildman–Crippen LogP) is 6.97. The first-order chi connectivity index (χ1) is 14.4. The highest BCUT2D eigenvalue weighted by atomic mass is 15.0.